The minimum atomic E-state index is -0.624. The van der Waals surface area contributed by atoms with E-state index in [1.807, 2.05) is 0 Å². The van der Waals surface area contributed by atoms with Crippen LogP contribution >= 0.6 is 0 Å². The lowest BCUT2D eigenvalue weighted by molar-refractivity contribution is -0.144. The number of carboxylic acid groups (broad SMARTS) is 1. The molecule has 1 saturated carbocycles. The molecule has 100 valence electrons. The van der Waals surface area contributed by atoms with Crippen LogP contribution in [-0.4, -0.2) is 37.9 Å². The number of rotatable bonds is 7. The third-order valence-electron chi connectivity index (χ3n) is 3.58. The minimum absolute atomic E-state index is 0.144. The maximum absolute atomic E-state index is 11.1. The zero-order valence-corrected chi connectivity index (χ0v) is 10.9. The maximum Gasteiger partial charge on any atom is 0.306 e. The van der Waals surface area contributed by atoms with Gasteiger partial charge in [-0.2, -0.15) is 0 Å². The molecule has 1 rings (SSSR count). The molecule has 4 nitrogen and oxygen atoms in total. The van der Waals surface area contributed by atoms with Crippen molar-refractivity contribution >= 4 is 5.97 Å². The molecule has 0 bridgehead atoms. The number of carbonyl (C=O) groups is 1. The normalized spacial score (nSPS) is 26.7. The highest BCUT2D eigenvalue weighted by Gasteiger charge is 2.30. The number of carboxylic acids is 1. The first kappa shape index (κ1) is 14.5. The molecule has 1 aliphatic rings. The average Bonchev–Trinajstić information content (AvgIpc) is 2.30. The van der Waals surface area contributed by atoms with Crippen LogP contribution in [0.15, 0.2) is 0 Å². The Hall–Kier alpha value is -0.610. The molecule has 3 atom stereocenters. The lowest BCUT2D eigenvalue weighted by atomic mass is 9.79. The predicted octanol–water partition coefficient (Wildman–Crippen LogP) is 1.75. The largest absolute Gasteiger partial charge is 0.481 e. The predicted molar refractivity (Wildman–Crippen MR) is 67.0 cm³/mol. The fraction of sp³-hybridized carbons (Fsp3) is 0.923. The summed E-state index contributed by atoms with van der Waals surface area (Å²) in [6.45, 7) is 4.60. The molecule has 0 heterocycles. The van der Waals surface area contributed by atoms with E-state index in [1.54, 1.807) is 7.11 Å². The topological polar surface area (TPSA) is 58.6 Å². The summed E-state index contributed by atoms with van der Waals surface area (Å²) in [4.78, 5) is 11.1. The molecule has 2 N–H and O–H groups in total. The molecule has 0 aromatic carbocycles. The van der Waals surface area contributed by atoms with Gasteiger partial charge in [-0.1, -0.05) is 19.8 Å². The fourth-order valence-electron chi connectivity index (χ4n) is 2.64. The second-order valence-electron chi connectivity index (χ2n) is 5.21. The zero-order valence-electron chi connectivity index (χ0n) is 10.9. The van der Waals surface area contributed by atoms with E-state index in [0.29, 0.717) is 11.8 Å². The first-order valence-corrected chi connectivity index (χ1v) is 6.57. The summed E-state index contributed by atoms with van der Waals surface area (Å²) < 4.78 is 5.07. The van der Waals surface area contributed by atoms with Crippen LogP contribution in [0.1, 0.15) is 32.6 Å². The quantitative estimate of drug-likeness (QED) is 0.715. The summed E-state index contributed by atoms with van der Waals surface area (Å²) in [7, 11) is 1.71. The van der Waals surface area contributed by atoms with Gasteiger partial charge in [0.15, 0.2) is 0 Å². The Bertz CT molecular complexity index is 233. The number of methoxy groups -OCH3 is 1. The van der Waals surface area contributed by atoms with E-state index in [-0.39, 0.29) is 5.92 Å². The molecule has 0 aromatic heterocycles. The van der Waals surface area contributed by atoms with Crippen LogP contribution in [0, 0.1) is 17.8 Å². The monoisotopic (exact) mass is 243 g/mol. The first-order chi connectivity index (χ1) is 8.15. The molecular weight excluding hydrogens is 218 g/mol. The van der Waals surface area contributed by atoms with Crippen molar-refractivity contribution in [3.8, 4) is 0 Å². The van der Waals surface area contributed by atoms with Gasteiger partial charge in [-0.05, 0) is 37.8 Å². The van der Waals surface area contributed by atoms with Crippen LogP contribution in [-0.2, 0) is 9.53 Å². The molecule has 17 heavy (non-hydrogen) atoms. The van der Waals surface area contributed by atoms with Gasteiger partial charge in [0.1, 0.15) is 0 Å². The van der Waals surface area contributed by atoms with Gasteiger partial charge in [-0.15, -0.1) is 0 Å². The molecule has 0 radical (unpaired) electrons. The van der Waals surface area contributed by atoms with Gasteiger partial charge in [0, 0.05) is 13.7 Å². The van der Waals surface area contributed by atoms with Gasteiger partial charge in [-0.3, -0.25) is 4.79 Å². The van der Waals surface area contributed by atoms with Crippen molar-refractivity contribution in [2.45, 2.75) is 32.6 Å². The standard InChI is InChI=1S/C13H25NO3/c1-10(9-17-2)7-14-8-11-5-3-4-6-12(11)13(15)16/h10-12,14H,3-9H2,1-2H3,(H,15,16). The molecule has 0 saturated heterocycles. The molecule has 3 unspecified atom stereocenters. The number of aliphatic carboxylic acids is 1. The fourth-order valence-corrected chi connectivity index (χ4v) is 2.64. The van der Waals surface area contributed by atoms with E-state index in [1.165, 1.54) is 6.42 Å². The Balaban J connectivity index is 2.26. The van der Waals surface area contributed by atoms with Gasteiger partial charge >= 0.3 is 5.97 Å². The molecular formula is C13H25NO3. The van der Waals surface area contributed by atoms with Gasteiger partial charge in [0.25, 0.3) is 0 Å². The lowest BCUT2D eigenvalue weighted by Crippen LogP contribution is -2.36. The second kappa shape index (κ2) is 7.67. The Labute approximate surface area is 104 Å². The summed E-state index contributed by atoms with van der Waals surface area (Å²) in [5, 5.41) is 12.5. The maximum atomic E-state index is 11.1. The smallest absolute Gasteiger partial charge is 0.306 e. The van der Waals surface area contributed by atoms with E-state index < -0.39 is 5.97 Å². The average molecular weight is 243 g/mol. The second-order valence-corrected chi connectivity index (χ2v) is 5.21. The third-order valence-corrected chi connectivity index (χ3v) is 3.58. The highest BCUT2D eigenvalue weighted by atomic mass is 16.5. The van der Waals surface area contributed by atoms with Crippen LogP contribution in [0.2, 0.25) is 0 Å². The number of hydrogen-bond acceptors (Lipinski definition) is 3. The summed E-state index contributed by atoms with van der Waals surface area (Å²) >= 11 is 0. The van der Waals surface area contributed by atoms with Gasteiger partial charge in [-0.25, -0.2) is 0 Å². The molecule has 1 fully saturated rings. The van der Waals surface area contributed by atoms with Gasteiger partial charge in [0.2, 0.25) is 0 Å². The zero-order chi connectivity index (χ0) is 12.7. The van der Waals surface area contributed by atoms with E-state index in [2.05, 4.69) is 12.2 Å². The van der Waals surface area contributed by atoms with E-state index in [4.69, 9.17) is 9.84 Å². The summed E-state index contributed by atoms with van der Waals surface area (Å²) in [6, 6.07) is 0. The van der Waals surface area contributed by atoms with Crippen molar-refractivity contribution in [1.82, 2.24) is 5.32 Å². The highest BCUT2D eigenvalue weighted by molar-refractivity contribution is 5.70. The molecule has 1 aliphatic carbocycles. The number of ether oxygens (including phenoxy) is 1. The van der Waals surface area contributed by atoms with Crippen LogP contribution in [0.5, 0.6) is 0 Å². The molecule has 0 aliphatic heterocycles. The van der Waals surface area contributed by atoms with Crippen molar-refractivity contribution in [3.63, 3.8) is 0 Å². The van der Waals surface area contributed by atoms with Crippen molar-refractivity contribution < 1.29 is 14.6 Å². The van der Waals surface area contributed by atoms with E-state index in [0.717, 1.165) is 39.0 Å². The third kappa shape index (κ3) is 5.04. The number of hydrogen-bond donors (Lipinski definition) is 2. The van der Waals surface area contributed by atoms with Crippen LogP contribution < -0.4 is 5.32 Å². The van der Waals surface area contributed by atoms with Crippen LogP contribution in [0.3, 0.4) is 0 Å². The summed E-state index contributed by atoms with van der Waals surface area (Å²) in [5.41, 5.74) is 0. The lowest BCUT2D eigenvalue weighted by Gasteiger charge is -2.29. The summed E-state index contributed by atoms with van der Waals surface area (Å²) in [6.07, 6.45) is 4.12. The van der Waals surface area contributed by atoms with Crippen molar-refractivity contribution in [2.24, 2.45) is 17.8 Å². The van der Waals surface area contributed by atoms with Crippen molar-refractivity contribution in [3.05, 3.63) is 0 Å². The number of nitrogens with one attached hydrogen (secondary N) is 1. The molecule has 0 amide bonds. The van der Waals surface area contributed by atoms with E-state index >= 15 is 0 Å². The van der Waals surface area contributed by atoms with Gasteiger partial charge in [0.05, 0.1) is 5.92 Å². The Morgan fingerprint density at radius 3 is 2.82 bits per heavy atom. The van der Waals surface area contributed by atoms with Crippen LogP contribution in [0.4, 0.5) is 0 Å². The Morgan fingerprint density at radius 1 is 1.47 bits per heavy atom. The Morgan fingerprint density at radius 2 is 2.18 bits per heavy atom. The summed E-state index contributed by atoms with van der Waals surface area (Å²) in [5.74, 6) is 0.0123. The van der Waals surface area contributed by atoms with Crippen molar-refractivity contribution in [2.75, 3.05) is 26.8 Å². The SMILES string of the molecule is COCC(C)CNCC1CCCCC1C(=O)O. The van der Waals surface area contributed by atoms with Gasteiger partial charge < -0.3 is 15.2 Å². The van der Waals surface area contributed by atoms with Crippen molar-refractivity contribution in [1.29, 1.82) is 0 Å². The first-order valence-electron chi connectivity index (χ1n) is 6.57. The Kier molecular flexibility index (Phi) is 6.52. The molecule has 4 heteroatoms. The molecule has 0 spiro atoms. The van der Waals surface area contributed by atoms with E-state index in [9.17, 15) is 4.79 Å². The highest BCUT2D eigenvalue weighted by Crippen LogP contribution is 2.29. The molecule has 0 aromatic rings. The minimum Gasteiger partial charge on any atom is -0.481 e. The van der Waals surface area contributed by atoms with Crippen LogP contribution in [0.25, 0.3) is 0 Å².